The van der Waals surface area contributed by atoms with Crippen LogP contribution in [0.15, 0.2) is 42.5 Å². The average Bonchev–Trinajstić information content (AvgIpc) is 2.39. The van der Waals surface area contributed by atoms with Gasteiger partial charge in [-0.25, -0.2) is 8.78 Å². The molecular formula is C15H13F2NO. The number of carbonyl (C=O) groups excluding carboxylic acids is 1. The molecule has 1 N–H and O–H groups in total. The van der Waals surface area contributed by atoms with E-state index < -0.39 is 11.6 Å². The lowest BCUT2D eigenvalue weighted by molar-refractivity contribution is -0.110. The molecular weight excluding hydrogens is 248 g/mol. The average molecular weight is 261 g/mol. The lowest BCUT2D eigenvalue weighted by Gasteiger charge is -2.11. The highest BCUT2D eigenvalue weighted by Gasteiger charge is 2.11. The third kappa shape index (κ3) is 2.78. The van der Waals surface area contributed by atoms with E-state index in [9.17, 15) is 13.6 Å². The molecule has 0 saturated heterocycles. The Kier molecular flexibility index (Phi) is 3.90. The van der Waals surface area contributed by atoms with Crippen LogP contribution >= 0.6 is 0 Å². The Morgan fingerprint density at radius 1 is 1.05 bits per heavy atom. The zero-order chi connectivity index (χ0) is 13.8. The second kappa shape index (κ2) is 5.61. The Morgan fingerprint density at radius 2 is 1.63 bits per heavy atom. The minimum atomic E-state index is -0.591. The fourth-order valence-electron chi connectivity index (χ4n) is 1.91. The lowest BCUT2D eigenvalue weighted by atomic mass is 10.0. The molecule has 0 radical (unpaired) electrons. The molecule has 19 heavy (non-hydrogen) atoms. The van der Waals surface area contributed by atoms with Crippen LogP contribution in [0.3, 0.4) is 0 Å². The van der Waals surface area contributed by atoms with E-state index in [1.807, 2.05) is 6.92 Å². The van der Waals surface area contributed by atoms with Crippen molar-refractivity contribution < 1.29 is 13.6 Å². The molecule has 0 fully saturated rings. The van der Waals surface area contributed by atoms with E-state index in [4.69, 9.17) is 0 Å². The number of rotatable bonds is 4. The maximum absolute atomic E-state index is 13.6. The number of halogens is 2. The van der Waals surface area contributed by atoms with E-state index in [1.165, 1.54) is 18.2 Å². The predicted octanol–water partition coefficient (Wildman–Crippen LogP) is 3.44. The number of hydrogen-bond donors (Lipinski definition) is 1. The van der Waals surface area contributed by atoms with Crippen molar-refractivity contribution in [3.63, 3.8) is 0 Å². The molecule has 2 aromatic rings. The fourth-order valence-corrected chi connectivity index (χ4v) is 1.91. The van der Waals surface area contributed by atoms with Crippen LogP contribution in [0.4, 0.5) is 8.78 Å². The summed E-state index contributed by atoms with van der Waals surface area (Å²) in [6.07, 6.45) is 0.620. The number of hydrogen-bond acceptors (Lipinski definition) is 1. The van der Waals surface area contributed by atoms with Gasteiger partial charge < -0.3 is 5.32 Å². The van der Waals surface area contributed by atoms with Crippen molar-refractivity contribution in [2.24, 2.45) is 0 Å². The first-order valence-corrected chi connectivity index (χ1v) is 5.87. The van der Waals surface area contributed by atoms with Gasteiger partial charge in [-0.15, -0.1) is 0 Å². The minimum absolute atomic E-state index is 0.0370. The number of benzene rings is 2. The van der Waals surface area contributed by atoms with Gasteiger partial charge in [-0.05, 0) is 30.2 Å². The molecule has 0 saturated carbocycles. The van der Waals surface area contributed by atoms with Crippen molar-refractivity contribution in [1.82, 2.24) is 5.32 Å². The van der Waals surface area contributed by atoms with Crippen LogP contribution in [0.2, 0.25) is 0 Å². The molecule has 2 nitrogen and oxygen atoms in total. The van der Waals surface area contributed by atoms with Gasteiger partial charge in [0.1, 0.15) is 11.6 Å². The Hall–Kier alpha value is -2.23. The largest absolute Gasteiger partial charge is 0.352 e. The van der Waals surface area contributed by atoms with Crippen molar-refractivity contribution in [2.75, 3.05) is 0 Å². The molecule has 0 bridgehead atoms. The van der Waals surface area contributed by atoms with E-state index in [-0.39, 0.29) is 11.6 Å². The number of carbonyl (C=O) groups is 1. The highest BCUT2D eigenvalue weighted by molar-refractivity contribution is 5.65. The third-order valence-electron chi connectivity index (χ3n) is 2.98. The van der Waals surface area contributed by atoms with Gasteiger partial charge in [-0.2, -0.15) is 0 Å². The van der Waals surface area contributed by atoms with Crippen molar-refractivity contribution in [1.29, 1.82) is 0 Å². The highest BCUT2D eigenvalue weighted by atomic mass is 19.1. The molecule has 0 unspecified atom stereocenters. The van der Waals surface area contributed by atoms with E-state index in [0.717, 1.165) is 5.56 Å². The standard InChI is InChI=1S/C15H13F2NO/c1-10(18-9-19)11-5-7-12(8-6-11)15-13(16)3-2-4-14(15)17/h2-10H,1H3,(H,18,19)/t10-/m0/s1. The van der Waals surface area contributed by atoms with Gasteiger partial charge in [-0.1, -0.05) is 30.3 Å². The van der Waals surface area contributed by atoms with Crippen molar-refractivity contribution in [3.8, 4) is 11.1 Å². The first-order chi connectivity index (χ1) is 9.13. The lowest BCUT2D eigenvalue weighted by Crippen LogP contribution is -2.15. The Balaban J connectivity index is 2.35. The van der Waals surface area contributed by atoms with Gasteiger partial charge in [0.2, 0.25) is 6.41 Å². The second-order valence-corrected chi connectivity index (χ2v) is 4.22. The molecule has 98 valence electrons. The summed E-state index contributed by atoms with van der Waals surface area (Å²) in [7, 11) is 0. The molecule has 0 aromatic heterocycles. The van der Waals surface area contributed by atoms with Gasteiger partial charge in [-0.3, -0.25) is 4.79 Å². The normalized spacial score (nSPS) is 11.9. The monoisotopic (exact) mass is 261 g/mol. The quantitative estimate of drug-likeness (QED) is 0.839. The number of nitrogens with one attached hydrogen (secondary N) is 1. The van der Waals surface area contributed by atoms with Crippen LogP contribution in [0.5, 0.6) is 0 Å². The van der Waals surface area contributed by atoms with E-state index in [2.05, 4.69) is 5.32 Å². The fraction of sp³-hybridized carbons (Fsp3) is 0.133. The van der Waals surface area contributed by atoms with Crippen molar-refractivity contribution >= 4 is 6.41 Å². The van der Waals surface area contributed by atoms with Crippen LogP contribution in [-0.2, 0) is 4.79 Å². The molecule has 1 atom stereocenters. The van der Waals surface area contributed by atoms with Crippen LogP contribution in [-0.4, -0.2) is 6.41 Å². The molecule has 2 aromatic carbocycles. The zero-order valence-corrected chi connectivity index (χ0v) is 10.4. The molecule has 0 aliphatic carbocycles. The maximum atomic E-state index is 13.6. The molecule has 0 aliphatic rings. The zero-order valence-electron chi connectivity index (χ0n) is 10.4. The van der Waals surface area contributed by atoms with Crippen LogP contribution in [0.25, 0.3) is 11.1 Å². The molecule has 2 rings (SSSR count). The highest BCUT2D eigenvalue weighted by Crippen LogP contribution is 2.27. The van der Waals surface area contributed by atoms with Crippen molar-refractivity contribution in [2.45, 2.75) is 13.0 Å². The van der Waals surface area contributed by atoms with Gasteiger partial charge in [0.25, 0.3) is 0 Å². The predicted molar refractivity (Wildman–Crippen MR) is 69.4 cm³/mol. The summed E-state index contributed by atoms with van der Waals surface area (Å²) in [5.74, 6) is -1.18. The van der Waals surface area contributed by atoms with Crippen molar-refractivity contribution in [3.05, 3.63) is 59.7 Å². The van der Waals surface area contributed by atoms with Gasteiger partial charge in [0.05, 0.1) is 11.6 Å². The topological polar surface area (TPSA) is 29.1 Å². The first-order valence-electron chi connectivity index (χ1n) is 5.87. The summed E-state index contributed by atoms with van der Waals surface area (Å²) < 4.78 is 27.2. The summed E-state index contributed by atoms with van der Waals surface area (Å²) in [4.78, 5) is 10.4. The summed E-state index contributed by atoms with van der Waals surface area (Å²) in [6, 6.07) is 10.4. The smallest absolute Gasteiger partial charge is 0.207 e. The second-order valence-electron chi connectivity index (χ2n) is 4.22. The van der Waals surface area contributed by atoms with Crippen LogP contribution in [0, 0.1) is 11.6 Å². The van der Waals surface area contributed by atoms with E-state index in [0.29, 0.717) is 12.0 Å². The third-order valence-corrected chi connectivity index (χ3v) is 2.98. The molecule has 1 amide bonds. The summed E-state index contributed by atoms with van der Waals surface area (Å²) in [5.41, 5.74) is 1.30. The van der Waals surface area contributed by atoms with Gasteiger partial charge in [0.15, 0.2) is 0 Å². The molecule has 0 spiro atoms. The summed E-state index contributed by atoms with van der Waals surface area (Å²) >= 11 is 0. The van der Waals surface area contributed by atoms with Crippen LogP contribution in [0.1, 0.15) is 18.5 Å². The van der Waals surface area contributed by atoms with Crippen LogP contribution < -0.4 is 5.32 Å². The molecule has 0 aliphatic heterocycles. The van der Waals surface area contributed by atoms with Gasteiger partial charge in [0, 0.05) is 0 Å². The molecule has 4 heteroatoms. The van der Waals surface area contributed by atoms with E-state index >= 15 is 0 Å². The Bertz CT molecular complexity index is 561. The van der Waals surface area contributed by atoms with E-state index in [1.54, 1.807) is 24.3 Å². The van der Waals surface area contributed by atoms with Gasteiger partial charge >= 0.3 is 0 Å². The SMILES string of the molecule is C[C@H](NC=O)c1ccc(-c2c(F)cccc2F)cc1. The summed E-state index contributed by atoms with van der Waals surface area (Å²) in [6.45, 7) is 1.83. The maximum Gasteiger partial charge on any atom is 0.207 e. The first kappa shape index (κ1) is 13.2. The molecule has 0 heterocycles. The summed E-state index contributed by atoms with van der Waals surface area (Å²) in [5, 5.41) is 2.62. The minimum Gasteiger partial charge on any atom is -0.352 e. The number of amides is 1. The Labute approximate surface area is 110 Å². The Morgan fingerprint density at radius 3 is 2.16 bits per heavy atom.